The summed E-state index contributed by atoms with van der Waals surface area (Å²) in [5.41, 5.74) is 0. The molecule has 14 nitrogen and oxygen atoms in total. The molecule has 0 spiro atoms. The Labute approximate surface area is 296 Å². The highest BCUT2D eigenvalue weighted by Gasteiger charge is 2.50. The number of unbranched alkanes of at least 4 members (excludes halogenated alkanes) is 7. The molecule has 0 aromatic rings. The summed E-state index contributed by atoms with van der Waals surface area (Å²) in [5, 5.41) is 85.3. The summed E-state index contributed by atoms with van der Waals surface area (Å²) in [6.45, 7) is 2.41. The Morgan fingerprint density at radius 1 is 0.700 bits per heavy atom. The number of carbonyl (C=O) groups is 1. The van der Waals surface area contributed by atoms with Crippen LogP contribution in [0.1, 0.15) is 90.9 Å². The van der Waals surface area contributed by atoms with Crippen LogP contribution in [0.15, 0.2) is 36.5 Å². The van der Waals surface area contributed by atoms with Crippen LogP contribution in [0, 0.1) is 0 Å². The van der Waals surface area contributed by atoms with Gasteiger partial charge in [-0.1, -0.05) is 76.0 Å². The van der Waals surface area contributed by atoms with Crippen molar-refractivity contribution in [2.75, 3.05) is 19.8 Å². The Bertz CT molecular complexity index is 993. The average Bonchev–Trinajstić information content (AvgIpc) is 3.11. The molecule has 2 fully saturated rings. The van der Waals surface area contributed by atoms with Gasteiger partial charge in [0.1, 0.15) is 48.8 Å². The normalized spacial score (nSPS) is 31.9. The smallest absolute Gasteiger partial charge is 0.220 e. The van der Waals surface area contributed by atoms with Gasteiger partial charge in [-0.3, -0.25) is 4.79 Å². The van der Waals surface area contributed by atoms with Gasteiger partial charge in [-0.2, -0.15) is 0 Å². The van der Waals surface area contributed by atoms with Crippen molar-refractivity contribution in [3.63, 3.8) is 0 Å². The van der Waals surface area contributed by atoms with Gasteiger partial charge >= 0.3 is 0 Å². The topological polar surface area (TPSA) is 228 Å². The van der Waals surface area contributed by atoms with Crippen LogP contribution in [0.25, 0.3) is 0 Å². The molecule has 0 bridgehead atoms. The Balaban J connectivity index is 1.93. The molecule has 0 saturated carbocycles. The van der Waals surface area contributed by atoms with Crippen LogP contribution in [-0.4, -0.2) is 140 Å². The monoisotopic (exact) mass is 717 g/mol. The number of hydrogen-bond donors (Lipinski definition) is 9. The predicted octanol–water partition coefficient (Wildman–Crippen LogP) is 0.862. The lowest BCUT2D eigenvalue weighted by Crippen LogP contribution is -2.65. The summed E-state index contributed by atoms with van der Waals surface area (Å²) in [6, 6.07) is -0.927. The molecule has 14 heteroatoms. The third-order valence-electron chi connectivity index (χ3n) is 8.81. The van der Waals surface area contributed by atoms with Gasteiger partial charge in [-0.05, 0) is 44.9 Å². The van der Waals surface area contributed by atoms with Gasteiger partial charge in [0.05, 0.1) is 32.0 Å². The second-order valence-corrected chi connectivity index (χ2v) is 13.0. The number of allylic oxidation sites excluding steroid dienone is 5. The first kappa shape index (κ1) is 44.4. The van der Waals surface area contributed by atoms with Crippen LogP contribution in [0.2, 0.25) is 0 Å². The number of nitrogens with one attached hydrogen (secondary N) is 1. The van der Waals surface area contributed by atoms with E-state index in [0.29, 0.717) is 12.8 Å². The molecule has 2 rings (SSSR count). The molecule has 0 aromatic heterocycles. The highest BCUT2D eigenvalue weighted by molar-refractivity contribution is 5.76. The molecule has 9 N–H and O–H groups in total. The van der Waals surface area contributed by atoms with Crippen LogP contribution >= 0.6 is 0 Å². The van der Waals surface area contributed by atoms with Crippen LogP contribution in [0.3, 0.4) is 0 Å². The Kier molecular flexibility index (Phi) is 22.4. The lowest BCUT2D eigenvalue weighted by Gasteiger charge is -2.46. The maximum Gasteiger partial charge on any atom is 0.220 e. The number of rotatable bonds is 24. The van der Waals surface area contributed by atoms with E-state index in [1.165, 1.54) is 25.7 Å². The first-order valence-electron chi connectivity index (χ1n) is 18.2. The van der Waals surface area contributed by atoms with Crippen LogP contribution in [-0.2, 0) is 23.7 Å². The Hall–Kier alpha value is -1.79. The minimum Gasteiger partial charge on any atom is -0.394 e. The quantitative estimate of drug-likeness (QED) is 0.0500. The molecule has 290 valence electrons. The lowest BCUT2D eigenvalue weighted by molar-refractivity contribution is -0.359. The molecule has 2 heterocycles. The van der Waals surface area contributed by atoms with E-state index in [4.69, 9.17) is 18.9 Å². The van der Waals surface area contributed by atoms with Crippen molar-refractivity contribution >= 4 is 5.91 Å². The molecule has 12 atom stereocenters. The van der Waals surface area contributed by atoms with Gasteiger partial charge in [0.25, 0.3) is 0 Å². The fourth-order valence-electron chi connectivity index (χ4n) is 5.65. The van der Waals surface area contributed by atoms with E-state index in [1.54, 1.807) is 6.08 Å². The summed E-state index contributed by atoms with van der Waals surface area (Å²) >= 11 is 0. The number of hydrogen-bond acceptors (Lipinski definition) is 13. The molecule has 50 heavy (non-hydrogen) atoms. The molecule has 0 aliphatic carbocycles. The summed E-state index contributed by atoms with van der Waals surface area (Å²) in [5.74, 6) is -0.294. The summed E-state index contributed by atoms with van der Waals surface area (Å²) in [4.78, 5) is 12.6. The number of ether oxygens (including phenoxy) is 4. The fraction of sp³-hybridized carbons (Fsp3) is 0.806. The molecule has 2 aliphatic rings. The zero-order valence-electron chi connectivity index (χ0n) is 29.6. The van der Waals surface area contributed by atoms with Gasteiger partial charge < -0.3 is 65.1 Å². The molecular weight excluding hydrogens is 654 g/mol. The van der Waals surface area contributed by atoms with Crippen molar-refractivity contribution in [2.24, 2.45) is 0 Å². The van der Waals surface area contributed by atoms with E-state index < -0.39 is 86.8 Å². The number of amides is 1. The SMILES string of the molecule is CCCCCC/C=C/CC/C=C/CC/C=C/C(O)C(COC1OC(CO)C(OC2OC(CO)C(O)C(O)C2O)C(O)C1O)NC(=O)CCCC. The van der Waals surface area contributed by atoms with Gasteiger partial charge in [0, 0.05) is 6.42 Å². The summed E-state index contributed by atoms with van der Waals surface area (Å²) in [6.07, 6.45) is 6.33. The third kappa shape index (κ3) is 15.1. The van der Waals surface area contributed by atoms with E-state index >= 15 is 0 Å². The average molecular weight is 718 g/mol. The first-order valence-corrected chi connectivity index (χ1v) is 18.2. The van der Waals surface area contributed by atoms with Crippen molar-refractivity contribution in [1.29, 1.82) is 0 Å². The van der Waals surface area contributed by atoms with Crippen LogP contribution in [0.5, 0.6) is 0 Å². The number of aliphatic hydroxyl groups is 8. The van der Waals surface area contributed by atoms with Gasteiger partial charge in [-0.15, -0.1) is 0 Å². The van der Waals surface area contributed by atoms with Crippen molar-refractivity contribution < 1.29 is 64.6 Å². The molecule has 2 aliphatic heterocycles. The first-order chi connectivity index (χ1) is 24.1. The second-order valence-electron chi connectivity index (χ2n) is 13.0. The Morgan fingerprint density at radius 3 is 1.90 bits per heavy atom. The number of aliphatic hydroxyl groups excluding tert-OH is 8. The molecule has 1 amide bonds. The van der Waals surface area contributed by atoms with E-state index in [1.807, 2.05) is 13.0 Å². The highest BCUT2D eigenvalue weighted by Crippen LogP contribution is 2.29. The van der Waals surface area contributed by atoms with E-state index in [9.17, 15) is 45.6 Å². The van der Waals surface area contributed by atoms with Gasteiger partial charge in [0.15, 0.2) is 12.6 Å². The molecule has 12 unspecified atom stereocenters. The van der Waals surface area contributed by atoms with Gasteiger partial charge in [-0.25, -0.2) is 0 Å². The fourth-order valence-corrected chi connectivity index (χ4v) is 5.65. The molecule has 2 saturated heterocycles. The Morgan fingerprint density at radius 2 is 1.28 bits per heavy atom. The summed E-state index contributed by atoms with van der Waals surface area (Å²) < 4.78 is 22.3. The van der Waals surface area contributed by atoms with Crippen molar-refractivity contribution in [3.8, 4) is 0 Å². The molecular formula is C36H63NO13. The molecule has 0 radical (unpaired) electrons. The largest absolute Gasteiger partial charge is 0.394 e. The standard InChI is InChI=1S/C36H63NO13/c1-3-5-7-8-9-10-11-12-13-14-15-16-17-18-19-25(40)24(37-28(41)20-6-4-2)23-47-35-33(46)31(44)34(27(22-39)49-35)50-36-32(45)30(43)29(42)26(21-38)48-36/h10-11,14-15,18-19,24-27,29-36,38-40,42-46H,3-9,12-13,16-17,20-23H2,1-2H3,(H,37,41)/b11-10+,15-14+,19-18+. The summed E-state index contributed by atoms with van der Waals surface area (Å²) in [7, 11) is 0. The predicted molar refractivity (Wildman–Crippen MR) is 184 cm³/mol. The van der Waals surface area contributed by atoms with E-state index in [0.717, 1.165) is 32.1 Å². The highest BCUT2D eigenvalue weighted by atomic mass is 16.7. The minimum atomic E-state index is -1.79. The maximum atomic E-state index is 12.6. The van der Waals surface area contributed by atoms with Crippen molar-refractivity contribution in [1.82, 2.24) is 5.32 Å². The van der Waals surface area contributed by atoms with E-state index in [-0.39, 0.29) is 18.9 Å². The van der Waals surface area contributed by atoms with Gasteiger partial charge in [0.2, 0.25) is 5.91 Å². The van der Waals surface area contributed by atoms with Crippen LogP contribution in [0.4, 0.5) is 0 Å². The third-order valence-corrected chi connectivity index (χ3v) is 8.81. The van der Waals surface area contributed by atoms with Crippen LogP contribution < -0.4 is 5.32 Å². The zero-order chi connectivity index (χ0) is 36.9. The minimum absolute atomic E-state index is 0.243. The van der Waals surface area contributed by atoms with Crippen molar-refractivity contribution in [2.45, 2.75) is 164 Å². The number of carbonyl (C=O) groups excluding carboxylic acids is 1. The van der Waals surface area contributed by atoms with E-state index in [2.05, 4.69) is 36.5 Å². The second kappa shape index (κ2) is 25.2. The van der Waals surface area contributed by atoms with Crippen molar-refractivity contribution in [3.05, 3.63) is 36.5 Å². The maximum absolute atomic E-state index is 12.6. The molecule has 0 aromatic carbocycles. The lowest BCUT2D eigenvalue weighted by atomic mass is 9.97. The zero-order valence-corrected chi connectivity index (χ0v) is 29.6.